The van der Waals surface area contributed by atoms with Crippen molar-refractivity contribution in [3.8, 4) is 0 Å². The van der Waals surface area contributed by atoms with Gasteiger partial charge in [-0.3, -0.25) is 4.90 Å². The zero-order valence-electron chi connectivity index (χ0n) is 13.9. The normalized spacial score (nSPS) is 20.4. The fraction of sp³-hybridized carbons (Fsp3) is 0.562. The molecule has 0 unspecified atom stereocenters. The number of anilines is 1. The number of likely N-dealkylation sites (tertiary alicyclic amines) is 1. The number of halogens is 1. The first kappa shape index (κ1) is 16.6. The SMILES string of the molecule is O=C(O)N1CCC(N2CCN(c3cnc4c(Br)cnn4c3)CC2)CC1. The van der Waals surface area contributed by atoms with Gasteiger partial charge in [-0.15, -0.1) is 0 Å². The van der Waals surface area contributed by atoms with Crippen LogP contribution in [-0.4, -0.2) is 80.9 Å². The summed E-state index contributed by atoms with van der Waals surface area (Å²) in [6.07, 6.45) is 6.75. The number of rotatable bonds is 2. The van der Waals surface area contributed by atoms with Crippen molar-refractivity contribution in [2.75, 3.05) is 44.2 Å². The molecule has 134 valence electrons. The van der Waals surface area contributed by atoms with Crippen molar-refractivity contribution in [2.45, 2.75) is 18.9 Å². The van der Waals surface area contributed by atoms with Gasteiger partial charge in [0, 0.05) is 45.3 Å². The molecule has 0 aromatic carbocycles. The summed E-state index contributed by atoms with van der Waals surface area (Å²) in [5.74, 6) is 0. The van der Waals surface area contributed by atoms with E-state index in [1.165, 1.54) is 4.90 Å². The first-order chi connectivity index (χ1) is 12.1. The highest BCUT2D eigenvalue weighted by Gasteiger charge is 2.29. The molecule has 9 heteroatoms. The summed E-state index contributed by atoms with van der Waals surface area (Å²) in [6.45, 7) is 5.20. The van der Waals surface area contributed by atoms with Crippen LogP contribution in [0.1, 0.15) is 12.8 Å². The van der Waals surface area contributed by atoms with Crippen LogP contribution in [0.3, 0.4) is 0 Å². The molecule has 0 atom stereocenters. The first-order valence-corrected chi connectivity index (χ1v) is 9.37. The monoisotopic (exact) mass is 408 g/mol. The van der Waals surface area contributed by atoms with Crippen LogP contribution >= 0.6 is 15.9 Å². The minimum absolute atomic E-state index is 0.500. The van der Waals surface area contributed by atoms with Crippen molar-refractivity contribution >= 4 is 33.4 Å². The van der Waals surface area contributed by atoms with E-state index in [0.717, 1.165) is 54.8 Å². The van der Waals surface area contributed by atoms with Crippen LogP contribution in [0.15, 0.2) is 23.1 Å². The smallest absolute Gasteiger partial charge is 0.407 e. The van der Waals surface area contributed by atoms with E-state index >= 15 is 0 Å². The third-order valence-corrected chi connectivity index (χ3v) is 5.79. The molecule has 2 fully saturated rings. The molecule has 4 rings (SSSR count). The van der Waals surface area contributed by atoms with Gasteiger partial charge in [0.15, 0.2) is 5.65 Å². The molecule has 25 heavy (non-hydrogen) atoms. The van der Waals surface area contributed by atoms with E-state index in [-0.39, 0.29) is 0 Å². The highest BCUT2D eigenvalue weighted by molar-refractivity contribution is 9.10. The van der Waals surface area contributed by atoms with Crippen molar-refractivity contribution in [1.82, 2.24) is 24.4 Å². The Morgan fingerprint density at radius 1 is 1.12 bits per heavy atom. The van der Waals surface area contributed by atoms with Crippen molar-refractivity contribution in [2.24, 2.45) is 0 Å². The fourth-order valence-electron chi connectivity index (χ4n) is 3.77. The summed E-state index contributed by atoms with van der Waals surface area (Å²) in [4.78, 5) is 21.9. The van der Waals surface area contributed by atoms with Crippen LogP contribution in [0.25, 0.3) is 5.65 Å². The van der Waals surface area contributed by atoms with Crippen molar-refractivity contribution in [1.29, 1.82) is 0 Å². The predicted molar refractivity (Wildman–Crippen MR) is 97.1 cm³/mol. The van der Waals surface area contributed by atoms with E-state index < -0.39 is 6.09 Å². The van der Waals surface area contributed by atoms with E-state index in [0.29, 0.717) is 19.1 Å². The molecule has 2 saturated heterocycles. The third kappa shape index (κ3) is 3.30. The van der Waals surface area contributed by atoms with Crippen LogP contribution in [0.2, 0.25) is 0 Å². The van der Waals surface area contributed by atoms with E-state index in [4.69, 9.17) is 5.11 Å². The molecule has 2 aliphatic rings. The Kier molecular flexibility index (Phi) is 4.51. The lowest BCUT2D eigenvalue weighted by molar-refractivity contribution is 0.0919. The lowest BCUT2D eigenvalue weighted by atomic mass is 10.0. The quantitative estimate of drug-likeness (QED) is 0.815. The van der Waals surface area contributed by atoms with Gasteiger partial charge in [0.05, 0.1) is 28.8 Å². The molecule has 0 saturated carbocycles. The highest BCUT2D eigenvalue weighted by atomic mass is 79.9. The summed E-state index contributed by atoms with van der Waals surface area (Å²) in [5.41, 5.74) is 1.91. The minimum Gasteiger partial charge on any atom is -0.465 e. The number of nitrogens with zero attached hydrogens (tertiary/aromatic N) is 6. The Morgan fingerprint density at radius 3 is 2.52 bits per heavy atom. The summed E-state index contributed by atoms with van der Waals surface area (Å²) >= 11 is 3.45. The van der Waals surface area contributed by atoms with Crippen LogP contribution in [0.4, 0.5) is 10.5 Å². The van der Waals surface area contributed by atoms with Crippen LogP contribution in [0, 0.1) is 0 Å². The molecule has 2 aromatic rings. The third-order valence-electron chi connectivity index (χ3n) is 5.23. The molecule has 0 aliphatic carbocycles. The first-order valence-electron chi connectivity index (χ1n) is 8.57. The van der Waals surface area contributed by atoms with Crippen LogP contribution in [-0.2, 0) is 0 Å². The zero-order chi connectivity index (χ0) is 17.4. The molecule has 8 nitrogen and oxygen atoms in total. The largest absolute Gasteiger partial charge is 0.465 e. The minimum atomic E-state index is -0.795. The maximum atomic E-state index is 11.0. The topological polar surface area (TPSA) is 77.2 Å². The molecule has 1 amide bonds. The fourth-order valence-corrected chi connectivity index (χ4v) is 4.14. The molecule has 1 N–H and O–H groups in total. The van der Waals surface area contributed by atoms with E-state index in [1.54, 1.807) is 10.7 Å². The number of amides is 1. The summed E-state index contributed by atoms with van der Waals surface area (Å²) in [6, 6.07) is 0.500. The molecule has 0 radical (unpaired) electrons. The summed E-state index contributed by atoms with van der Waals surface area (Å²) in [5, 5.41) is 13.4. The Bertz CT molecular complexity index is 765. The Morgan fingerprint density at radius 2 is 1.84 bits per heavy atom. The van der Waals surface area contributed by atoms with Gasteiger partial charge < -0.3 is 14.9 Å². The average Bonchev–Trinajstić information content (AvgIpc) is 3.02. The maximum absolute atomic E-state index is 11.0. The van der Waals surface area contributed by atoms with Gasteiger partial charge >= 0.3 is 6.09 Å². The van der Waals surface area contributed by atoms with E-state index in [9.17, 15) is 4.79 Å². The van der Waals surface area contributed by atoms with Gasteiger partial charge in [0.25, 0.3) is 0 Å². The Balaban J connectivity index is 1.35. The number of hydrogen-bond acceptors (Lipinski definition) is 5. The number of carbonyl (C=O) groups is 1. The average molecular weight is 409 g/mol. The lowest BCUT2D eigenvalue weighted by Crippen LogP contribution is -2.53. The van der Waals surface area contributed by atoms with Gasteiger partial charge in [-0.05, 0) is 28.8 Å². The second kappa shape index (κ2) is 6.80. The number of piperidine rings is 1. The molecule has 2 aliphatic heterocycles. The maximum Gasteiger partial charge on any atom is 0.407 e. The Labute approximate surface area is 154 Å². The van der Waals surface area contributed by atoms with Crippen molar-refractivity contribution < 1.29 is 9.90 Å². The summed E-state index contributed by atoms with van der Waals surface area (Å²) in [7, 11) is 0. The number of fused-ring (bicyclic) bond motifs is 1. The zero-order valence-corrected chi connectivity index (χ0v) is 15.5. The highest BCUT2D eigenvalue weighted by Crippen LogP contribution is 2.22. The summed E-state index contributed by atoms with van der Waals surface area (Å²) < 4.78 is 2.70. The van der Waals surface area contributed by atoms with Crippen LogP contribution in [0.5, 0.6) is 0 Å². The molecule has 4 heterocycles. The molecular formula is C16H21BrN6O2. The number of aromatic nitrogens is 3. The Hall–Kier alpha value is -1.87. The number of carboxylic acid groups (broad SMARTS) is 1. The number of hydrogen-bond donors (Lipinski definition) is 1. The van der Waals surface area contributed by atoms with Crippen LogP contribution < -0.4 is 4.90 Å². The molecular weight excluding hydrogens is 388 g/mol. The molecule has 2 aromatic heterocycles. The van der Waals surface area contributed by atoms with E-state index in [1.807, 2.05) is 12.4 Å². The standard InChI is InChI=1S/C16H21BrN6O2/c17-14-10-19-23-11-13(9-18-15(14)23)21-7-5-20(6-8-21)12-1-3-22(4-2-12)16(24)25/h9-12H,1-8H2,(H,24,25). The van der Waals surface area contributed by atoms with Gasteiger partial charge in [-0.1, -0.05) is 0 Å². The lowest BCUT2D eigenvalue weighted by Gasteiger charge is -2.42. The number of piperazine rings is 1. The van der Waals surface area contributed by atoms with E-state index in [2.05, 4.69) is 35.8 Å². The second-order valence-corrected chi connectivity index (χ2v) is 7.45. The van der Waals surface area contributed by atoms with Gasteiger partial charge in [0.2, 0.25) is 0 Å². The van der Waals surface area contributed by atoms with Gasteiger partial charge in [-0.25, -0.2) is 14.3 Å². The van der Waals surface area contributed by atoms with Crippen molar-refractivity contribution in [3.63, 3.8) is 0 Å². The van der Waals surface area contributed by atoms with Gasteiger partial charge in [-0.2, -0.15) is 5.10 Å². The predicted octanol–water partition coefficient (Wildman–Crippen LogP) is 1.76. The molecule has 0 spiro atoms. The second-order valence-electron chi connectivity index (χ2n) is 6.60. The van der Waals surface area contributed by atoms with Gasteiger partial charge in [0.1, 0.15) is 0 Å². The molecule has 0 bridgehead atoms. The van der Waals surface area contributed by atoms with Crippen molar-refractivity contribution in [3.05, 3.63) is 23.1 Å².